The van der Waals surface area contributed by atoms with E-state index in [1.54, 1.807) is 0 Å². The van der Waals surface area contributed by atoms with Crippen molar-refractivity contribution in [3.05, 3.63) is 0 Å². The number of hydrogen-bond donors (Lipinski definition) is 0. The molecule has 0 N–H and O–H groups in total. The molecule has 0 radical (unpaired) electrons. The second kappa shape index (κ2) is 6.29. The van der Waals surface area contributed by atoms with Gasteiger partial charge < -0.3 is 4.74 Å². The summed E-state index contributed by atoms with van der Waals surface area (Å²) in [5, 5.41) is 5.44. The second-order valence-electron chi connectivity index (χ2n) is 9.24. The van der Waals surface area contributed by atoms with Crippen LogP contribution in [0.25, 0.3) is 0 Å². The van der Waals surface area contributed by atoms with Crippen LogP contribution in [0.4, 0.5) is 0 Å². The van der Waals surface area contributed by atoms with Gasteiger partial charge in [-0.3, -0.25) is 4.79 Å². The van der Waals surface area contributed by atoms with Crippen LogP contribution in [0, 0.1) is 23.2 Å². The maximum absolute atomic E-state index is 12.7. The van der Waals surface area contributed by atoms with Crippen molar-refractivity contribution in [2.75, 3.05) is 11.5 Å². The Balaban J connectivity index is 1.44. The number of ether oxygens (including phenoxy) is 1. The third kappa shape index (κ3) is 3.19. The van der Waals surface area contributed by atoms with E-state index in [9.17, 15) is 18.0 Å². The summed E-state index contributed by atoms with van der Waals surface area (Å²) < 4.78 is 29.2. The molecule has 3 aliphatic carbocycles. The maximum atomic E-state index is 12.7. The molecule has 7 nitrogen and oxygen atoms in total. The van der Waals surface area contributed by atoms with Crippen molar-refractivity contribution in [1.82, 2.24) is 5.01 Å². The molecular weight excluding hydrogens is 368 g/mol. The Morgan fingerprint density at radius 1 is 1.26 bits per heavy atom. The fraction of sp³-hybridized carbons (Fsp3) is 0.842. The van der Waals surface area contributed by atoms with Gasteiger partial charge in [0.1, 0.15) is 11.8 Å². The van der Waals surface area contributed by atoms with Gasteiger partial charge in [-0.1, -0.05) is 20.8 Å². The van der Waals surface area contributed by atoms with Gasteiger partial charge in [0.25, 0.3) is 0 Å². The number of hydrazone groups is 1. The van der Waals surface area contributed by atoms with Crippen LogP contribution in [-0.2, 0) is 24.2 Å². The number of esters is 1. The molecule has 1 amide bonds. The third-order valence-corrected chi connectivity index (χ3v) is 9.14. The van der Waals surface area contributed by atoms with Crippen molar-refractivity contribution in [3.63, 3.8) is 0 Å². The lowest BCUT2D eigenvalue weighted by atomic mass is 9.45. The predicted octanol–water partition coefficient (Wildman–Crippen LogP) is 1.77. The topological polar surface area (TPSA) is 93.1 Å². The van der Waals surface area contributed by atoms with E-state index >= 15 is 0 Å². The molecule has 4 fully saturated rings. The summed E-state index contributed by atoms with van der Waals surface area (Å²) in [5.41, 5.74) is 0.562. The highest BCUT2D eigenvalue weighted by Crippen LogP contribution is 2.61. The second-order valence-corrected chi connectivity index (χ2v) is 11.5. The Morgan fingerprint density at radius 2 is 2.00 bits per heavy atom. The minimum atomic E-state index is -3.13. The zero-order chi connectivity index (χ0) is 19.6. The molecule has 3 saturated carbocycles. The maximum Gasteiger partial charge on any atom is 0.354 e. The van der Waals surface area contributed by atoms with Gasteiger partial charge in [0.2, 0.25) is 5.91 Å². The average Bonchev–Trinajstić information content (AvgIpc) is 2.96. The van der Waals surface area contributed by atoms with Crippen LogP contribution in [0.1, 0.15) is 52.9 Å². The molecule has 1 saturated heterocycles. The molecule has 0 unspecified atom stereocenters. The zero-order valence-corrected chi connectivity index (χ0v) is 17.0. The van der Waals surface area contributed by atoms with Crippen LogP contribution >= 0.6 is 0 Å². The zero-order valence-electron chi connectivity index (χ0n) is 16.2. The summed E-state index contributed by atoms with van der Waals surface area (Å²) in [6.45, 7) is 6.75. The van der Waals surface area contributed by atoms with Crippen LogP contribution < -0.4 is 0 Å². The van der Waals surface area contributed by atoms with Crippen molar-refractivity contribution < 1.29 is 22.7 Å². The molecule has 5 rings (SSSR count). The van der Waals surface area contributed by atoms with Crippen LogP contribution in [0.15, 0.2) is 5.10 Å². The van der Waals surface area contributed by atoms with E-state index in [0.717, 1.165) is 6.42 Å². The van der Waals surface area contributed by atoms with E-state index in [0.29, 0.717) is 29.6 Å². The quantitative estimate of drug-likeness (QED) is 0.678. The largest absolute Gasteiger partial charge is 0.458 e. The first-order chi connectivity index (χ1) is 12.6. The summed E-state index contributed by atoms with van der Waals surface area (Å²) >= 11 is 0. The molecule has 5 aliphatic rings. The monoisotopic (exact) mass is 396 g/mol. The average molecular weight is 397 g/mol. The van der Waals surface area contributed by atoms with Crippen molar-refractivity contribution in [2.45, 2.75) is 65.0 Å². The highest BCUT2D eigenvalue weighted by Gasteiger charge is 2.57. The number of hydrogen-bond acceptors (Lipinski definition) is 6. The fourth-order valence-corrected chi connectivity index (χ4v) is 7.13. The van der Waals surface area contributed by atoms with E-state index in [2.05, 4.69) is 25.9 Å². The lowest BCUT2D eigenvalue weighted by Gasteiger charge is -2.61. The molecule has 27 heavy (non-hydrogen) atoms. The number of carbonyl (C=O) groups excluding carboxylic acids is 2. The highest BCUT2D eigenvalue weighted by atomic mass is 32.2. The van der Waals surface area contributed by atoms with Crippen molar-refractivity contribution in [1.29, 1.82) is 0 Å². The van der Waals surface area contributed by atoms with E-state index in [-0.39, 0.29) is 42.1 Å². The molecular formula is C19H28N2O5S. The van der Waals surface area contributed by atoms with Crippen LogP contribution in [0.2, 0.25) is 0 Å². The molecule has 2 bridgehead atoms. The van der Waals surface area contributed by atoms with Crippen molar-refractivity contribution in [3.8, 4) is 0 Å². The van der Waals surface area contributed by atoms with E-state index in [4.69, 9.17) is 4.74 Å². The molecule has 2 aliphatic heterocycles. The Kier molecular flexibility index (Phi) is 4.40. The molecule has 0 aromatic heterocycles. The number of nitrogens with zero attached hydrogens (tertiary/aromatic N) is 2. The summed E-state index contributed by atoms with van der Waals surface area (Å²) in [4.78, 5) is 24.9. The molecule has 2 heterocycles. The first-order valence-corrected chi connectivity index (χ1v) is 11.7. The third-order valence-electron chi connectivity index (χ3n) is 7.39. The molecule has 8 heteroatoms. The SMILES string of the molecule is C[C@H]1[C@@H](OC(=O)C2=NN([C@@H]3CCS(=O)(=O)C3)C(=O)CC2)C[C@H]2C[C@@H]1C2(C)C. The number of amides is 1. The molecule has 0 spiro atoms. The number of sulfone groups is 1. The number of fused-ring (bicyclic) bond motifs is 2. The Bertz CT molecular complexity index is 803. The summed E-state index contributed by atoms with van der Waals surface area (Å²) in [6.07, 6.45) is 2.79. The van der Waals surface area contributed by atoms with Crippen LogP contribution in [-0.4, -0.2) is 54.7 Å². The van der Waals surface area contributed by atoms with E-state index < -0.39 is 21.8 Å². The van der Waals surface area contributed by atoms with Crippen LogP contribution in [0.3, 0.4) is 0 Å². The van der Waals surface area contributed by atoms with Gasteiger partial charge >= 0.3 is 5.97 Å². The number of rotatable bonds is 3. The number of carbonyl (C=O) groups is 2. The standard InChI is InChI=1S/C19H28N2O5S/c1-11-14-8-12(19(14,2)3)9-16(11)26-18(23)15-4-5-17(22)21(20-15)13-6-7-27(24,25)10-13/h11-14,16H,4-10H2,1-3H3/t11-,12-,13-,14+,16+/m1/s1. The first kappa shape index (κ1) is 18.9. The minimum absolute atomic E-state index is 0.0644. The van der Waals surface area contributed by atoms with Crippen molar-refractivity contribution >= 4 is 27.4 Å². The minimum Gasteiger partial charge on any atom is -0.458 e. The van der Waals surface area contributed by atoms with Crippen LogP contribution in [0.5, 0.6) is 0 Å². The predicted molar refractivity (Wildman–Crippen MR) is 99.6 cm³/mol. The lowest BCUT2D eigenvalue weighted by Crippen LogP contribution is -2.57. The van der Waals surface area contributed by atoms with Gasteiger partial charge in [-0.2, -0.15) is 5.10 Å². The Hall–Kier alpha value is -1.44. The fourth-order valence-electron chi connectivity index (χ4n) is 5.44. The highest BCUT2D eigenvalue weighted by molar-refractivity contribution is 7.91. The van der Waals surface area contributed by atoms with E-state index in [1.807, 2.05) is 0 Å². The first-order valence-electron chi connectivity index (χ1n) is 9.89. The van der Waals surface area contributed by atoms with Gasteiger partial charge in [-0.25, -0.2) is 18.2 Å². The molecule has 5 atom stereocenters. The van der Waals surface area contributed by atoms with Gasteiger partial charge in [0.15, 0.2) is 9.84 Å². The van der Waals surface area contributed by atoms with E-state index in [1.165, 1.54) is 11.4 Å². The smallest absolute Gasteiger partial charge is 0.354 e. The molecule has 150 valence electrons. The summed E-state index contributed by atoms with van der Waals surface area (Å²) in [5.74, 6) is 0.788. The van der Waals surface area contributed by atoms with Gasteiger partial charge in [0.05, 0.1) is 17.5 Å². The van der Waals surface area contributed by atoms with Gasteiger partial charge in [-0.05, 0) is 42.4 Å². The summed E-state index contributed by atoms with van der Waals surface area (Å²) in [7, 11) is -3.13. The van der Waals surface area contributed by atoms with Crippen molar-refractivity contribution in [2.24, 2.45) is 28.3 Å². The molecule has 0 aromatic rings. The van der Waals surface area contributed by atoms with Gasteiger partial charge in [0, 0.05) is 12.8 Å². The lowest BCUT2D eigenvalue weighted by molar-refractivity contribution is -0.180. The normalized spacial score (nSPS) is 39.5. The Morgan fingerprint density at radius 3 is 2.59 bits per heavy atom. The van der Waals surface area contributed by atoms with Gasteiger partial charge in [-0.15, -0.1) is 0 Å². The summed E-state index contributed by atoms with van der Waals surface area (Å²) in [6, 6.07) is -0.465. The molecule has 0 aromatic carbocycles. The Labute approximate surface area is 160 Å².